The Kier molecular flexibility index (Phi) is 5.59. The maximum atomic E-state index is 13.3. The van der Waals surface area contributed by atoms with Gasteiger partial charge in [0.1, 0.15) is 17.9 Å². The van der Waals surface area contributed by atoms with Gasteiger partial charge in [0.2, 0.25) is 11.0 Å². The Hall–Kier alpha value is -3.12. The zero-order chi connectivity index (χ0) is 21.3. The third-order valence-electron chi connectivity index (χ3n) is 4.15. The van der Waals surface area contributed by atoms with Crippen molar-refractivity contribution < 1.29 is 9.18 Å². The lowest BCUT2D eigenvalue weighted by atomic mass is 10.2. The maximum absolute atomic E-state index is 13.3. The number of benzene rings is 1. The number of halogens is 1. The molecule has 1 amide bonds. The zero-order valence-corrected chi connectivity index (χ0v) is 17.6. The largest absolute Gasteiger partial charge is 0.299 e. The molecular weight excluding hydrogens is 429 g/mol. The molecule has 0 bridgehead atoms. The first kappa shape index (κ1) is 20.2. The third-order valence-corrected chi connectivity index (χ3v) is 6.01. The van der Waals surface area contributed by atoms with Gasteiger partial charge in [0.15, 0.2) is 4.34 Å². The number of fused-ring (bicyclic) bond motifs is 1. The highest BCUT2D eigenvalue weighted by Gasteiger charge is 2.17. The molecule has 3 heterocycles. The molecule has 30 heavy (non-hydrogen) atoms. The molecule has 12 heteroatoms. The number of carbonyl (C=O) groups excluding carboxylic acids is 1. The SMILES string of the molecule is CCSc1nnc(NC(=O)Cn2nc(C)c3cnn(-c4ccc(F)cc4)c3c2=O)s1. The first-order chi connectivity index (χ1) is 14.5. The molecule has 1 N–H and O–H groups in total. The molecule has 0 atom stereocenters. The molecule has 0 spiro atoms. The number of amides is 1. The molecule has 154 valence electrons. The van der Waals surface area contributed by atoms with E-state index in [4.69, 9.17) is 0 Å². The molecule has 0 aliphatic carbocycles. The smallest absolute Gasteiger partial charge is 0.293 e. The molecule has 0 radical (unpaired) electrons. The molecule has 4 aromatic rings. The van der Waals surface area contributed by atoms with Gasteiger partial charge < -0.3 is 0 Å². The van der Waals surface area contributed by atoms with Gasteiger partial charge in [-0.3, -0.25) is 14.9 Å². The molecule has 4 rings (SSSR count). The Morgan fingerprint density at radius 2 is 2.03 bits per heavy atom. The van der Waals surface area contributed by atoms with Crippen molar-refractivity contribution in [1.82, 2.24) is 29.8 Å². The lowest BCUT2D eigenvalue weighted by molar-refractivity contribution is -0.117. The van der Waals surface area contributed by atoms with Crippen molar-refractivity contribution in [2.75, 3.05) is 11.1 Å². The number of aromatic nitrogens is 6. The van der Waals surface area contributed by atoms with Crippen molar-refractivity contribution in [1.29, 1.82) is 0 Å². The lowest BCUT2D eigenvalue weighted by Gasteiger charge is -2.08. The fraction of sp³-hybridized carbons (Fsp3) is 0.222. The molecule has 9 nitrogen and oxygen atoms in total. The van der Waals surface area contributed by atoms with Gasteiger partial charge in [0.05, 0.1) is 17.6 Å². The minimum absolute atomic E-state index is 0.263. The Balaban J connectivity index is 1.65. The quantitative estimate of drug-likeness (QED) is 0.359. The van der Waals surface area contributed by atoms with Gasteiger partial charge in [-0.15, -0.1) is 10.2 Å². The number of thioether (sulfide) groups is 1. The van der Waals surface area contributed by atoms with Crippen LogP contribution in [-0.2, 0) is 11.3 Å². The van der Waals surface area contributed by atoms with Gasteiger partial charge in [-0.05, 0) is 36.9 Å². The normalized spacial score (nSPS) is 11.2. The summed E-state index contributed by atoms with van der Waals surface area (Å²) in [6, 6.07) is 5.62. The van der Waals surface area contributed by atoms with E-state index in [1.165, 1.54) is 58.2 Å². The van der Waals surface area contributed by atoms with Crippen LogP contribution in [0.25, 0.3) is 16.6 Å². The Morgan fingerprint density at radius 3 is 2.77 bits per heavy atom. The van der Waals surface area contributed by atoms with Crippen LogP contribution in [0.2, 0.25) is 0 Å². The number of hydrogen-bond donors (Lipinski definition) is 1. The average molecular weight is 446 g/mol. The van der Waals surface area contributed by atoms with Crippen LogP contribution in [0.4, 0.5) is 9.52 Å². The predicted molar refractivity (Wildman–Crippen MR) is 113 cm³/mol. The second-order valence-corrected chi connectivity index (χ2v) is 8.69. The van der Waals surface area contributed by atoms with Crippen LogP contribution in [0.1, 0.15) is 12.6 Å². The summed E-state index contributed by atoms with van der Waals surface area (Å²) in [7, 11) is 0. The van der Waals surface area contributed by atoms with E-state index in [1.807, 2.05) is 6.92 Å². The summed E-state index contributed by atoms with van der Waals surface area (Å²) in [5, 5.41) is 19.9. The van der Waals surface area contributed by atoms with E-state index in [0.717, 1.165) is 14.8 Å². The highest BCUT2D eigenvalue weighted by atomic mass is 32.2. The highest BCUT2D eigenvalue weighted by molar-refractivity contribution is 8.01. The van der Waals surface area contributed by atoms with Crippen LogP contribution in [0.15, 0.2) is 39.6 Å². The minimum atomic E-state index is -0.480. The summed E-state index contributed by atoms with van der Waals surface area (Å²) in [5.74, 6) is 0.0165. The van der Waals surface area contributed by atoms with E-state index in [-0.39, 0.29) is 17.9 Å². The molecule has 3 aromatic heterocycles. The summed E-state index contributed by atoms with van der Waals surface area (Å²) in [4.78, 5) is 25.5. The van der Waals surface area contributed by atoms with Crippen molar-refractivity contribution in [3.05, 3.63) is 52.3 Å². The fourth-order valence-corrected chi connectivity index (χ4v) is 4.51. The predicted octanol–water partition coefficient (Wildman–Crippen LogP) is 2.63. The number of nitrogens with one attached hydrogen (secondary N) is 1. The Labute approximate surface area is 177 Å². The average Bonchev–Trinajstić information content (AvgIpc) is 3.34. The van der Waals surface area contributed by atoms with E-state index >= 15 is 0 Å². The first-order valence-electron chi connectivity index (χ1n) is 8.94. The lowest BCUT2D eigenvalue weighted by Crippen LogP contribution is -2.31. The van der Waals surface area contributed by atoms with E-state index in [0.29, 0.717) is 21.9 Å². The number of nitrogens with zero attached hydrogens (tertiary/aromatic N) is 6. The Bertz CT molecular complexity index is 1280. The van der Waals surface area contributed by atoms with E-state index < -0.39 is 11.5 Å². The standard InChI is InChI=1S/C18H16FN7O2S2/c1-3-29-18-23-22-17(30-18)21-14(27)9-25-16(28)15-13(10(2)24-25)8-20-26(15)12-6-4-11(19)5-7-12/h4-8H,3,9H2,1-2H3,(H,21,22,27). The van der Waals surface area contributed by atoms with Crippen LogP contribution >= 0.6 is 23.1 Å². The van der Waals surface area contributed by atoms with Crippen molar-refractivity contribution in [2.45, 2.75) is 24.7 Å². The van der Waals surface area contributed by atoms with Crippen LogP contribution in [-0.4, -0.2) is 41.4 Å². The van der Waals surface area contributed by atoms with E-state index in [2.05, 4.69) is 25.7 Å². The van der Waals surface area contributed by atoms with Crippen LogP contribution in [0.3, 0.4) is 0 Å². The summed E-state index contributed by atoms with van der Waals surface area (Å²) in [6.07, 6.45) is 1.53. The molecular formula is C18H16FN7O2S2. The van der Waals surface area contributed by atoms with E-state index in [1.54, 1.807) is 6.92 Å². The maximum Gasteiger partial charge on any atom is 0.293 e. The molecule has 1 aromatic carbocycles. The van der Waals surface area contributed by atoms with Crippen molar-refractivity contribution in [3.8, 4) is 5.69 Å². The number of carbonyl (C=O) groups is 1. The van der Waals surface area contributed by atoms with Gasteiger partial charge in [-0.1, -0.05) is 30.0 Å². The molecule has 0 fully saturated rings. The second kappa shape index (κ2) is 8.32. The van der Waals surface area contributed by atoms with Crippen LogP contribution in [0, 0.1) is 12.7 Å². The number of aryl methyl sites for hydroxylation is 1. The summed E-state index contributed by atoms with van der Waals surface area (Å²) >= 11 is 2.79. The van der Waals surface area contributed by atoms with Gasteiger partial charge in [0.25, 0.3) is 5.56 Å². The number of hydrogen-bond acceptors (Lipinski definition) is 8. The molecule has 0 aliphatic heterocycles. The monoisotopic (exact) mass is 445 g/mol. The van der Waals surface area contributed by atoms with E-state index in [9.17, 15) is 14.0 Å². The summed E-state index contributed by atoms with van der Waals surface area (Å²) < 4.78 is 16.5. The molecule has 0 saturated carbocycles. The molecule has 0 saturated heterocycles. The van der Waals surface area contributed by atoms with Gasteiger partial charge in [0, 0.05) is 5.39 Å². The van der Waals surface area contributed by atoms with Crippen LogP contribution < -0.4 is 10.9 Å². The Morgan fingerprint density at radius 1 is 1.27 bits per heavy atom. The second-order valence-electron chi connectivity index (χ2n) is 6.20. The zero-order valence-electron chi connectivity index (χ0n) is 16.0. The fourth-order valence-electron chi connectivity index (χ4n) is 2.84. The molecule has 0 aliphatic rings. The van der Waals surface area contributed by atoms with Crippen molar-refractivity contribution in [3.63, 3.8) is 0 Å². The van der Waals surface area contributed by atoms with Gasteiger partial charge in [-0.2, -0.15) is 10.2 Å². The summed E-state index contributed by atoms with van der Waals surface area (Å²) in [5.41, 5.74) is 0.856. The topological polar surface area (TPSA) is 108 Å². The van der Waals surface area contributed by atoms with Crippen LogP contribution in [0.5, 0.6) is 0 Å². The highest BCUT2D eigenvalue weighted by Crippen LogP contribution is 2.25. The molecule has 0 unspecified atom stereocenters. The van der Waals surface area contributed by atoms with Crippen molar-refractivity contribution >= 4 is 45.0 Å². The summed E-state index contributed by atoms with van der Waals surface area (Å²) in [6.45, 7) is 3.43. The number of rotatable bonds is 6. The first-order valence-corrected chi connectivity index (χ1v) is 10.7. The minimum Gasteiger partial charge on any atom is -0.299 e. The number of anilines is 1. The van der Waals surface area contributed by atoms with Gasteiger partial charge in [-0.25, -0.2) is 13.8 Å². The third kappa shape index (κ3) is 3.96. The van der Waals surface area contributed by atoms with Gasteiger partial charge >= 0.3 is 0 Å². The van der Waals surface area contributed by atoms with Crippen molar-refractivity contribution in [2.24, 2.45) is 0 Å².